The van der Waals surface area contributed by atoms with Gasteiger partial charge < -0.3 is 10.1 Å². The van der Waals surface area contributed by atoms with Crippen molar-refractivity contribution in [1.82, 2.24) is 9.97 Å². The van der Waals surface area contributed by atoms with Crippen LogP contribution in [0.2, 0.25) is 5.15 Å². The van der Waals surface area contributed by atoms with Gasteiger partial charge in [-0.2, -0.15) is 0 Å². The molecule has 2 atom stereocenters. The van der Waals surface area contributed by atoms with Gasteiger partial charge in [0.1, 0.15) is 17.3 Å². The first-order valence-corrected chi connectivity index (χ1v) is 6.34. The minimum Gasteiger partial charge on any atom is -0.376 e. The number of nitrogens with zero attached hydrogens (tertiary/aromatic N) is 2. The summed E-state index contributed by atoms with van der Waals surface area (Å²) in [7, 11) is 0. The minimum atomic E-state index is -0.0817. The second-order valence-electron chi connectivity index (χ2n) is 4.65. The summed E-state index contributed by atoms with van der Waals surface area (Å²) < 4.78 is 5.61. The summed E-state index contributed by atoms with van der Waals surface area (Å²) in [6, 6.07) is 0. The molecule has 2 unspecified atom stereocenters. The van der Waals surface area contributed by atoms with Gasteiger partial charge in [0.25, 0.3) is 0 Å². The summed E-state index contributed by atoms with van der Waals surface area (Å²) >= 11 is 6.07. The van der Waals surface area contributed by atoms with Gasteiger partial charge in [0, 0.05) is 12.2 Å². The number of rotatable bonds is 3. The molecule has 5 heteroatoms. The van der Waals surface area contributed by atoms with Gasteiger partial charge in [-0.1, -0.05) is 18.5 Å². The van der Waals surface area contributed by atoms with Crippen LogP contribution in [0.15, 0.2) is 6.33 Å². The lowest BCUT2D eigenvalue weighted by molar-refractivity contribution is 0.105. The number of aromatic nitrogens is 2. The molecule has 2 heterocycles. The number of hydrogen-bond acceptors (Lipinski definition) is 4. The third-order valence-electron chi connectivity index (χ3n) is 3.54. The monoisotopic (exact) mass is 255 g/mol. The highest BCUT2D eigenvalue weighted by Gasteiger charge is 2.37. The van der Waals surface area contributed by atoms with Gasteiger partial charge in [0.15, 0.2) is 0 Å². The van der Waals surface area contributed by atoms with Gasteiger partial charge >= 0.3 is 0 Å². The first kappa shape index (κ1) is 12.6. The molecule has 94 valence electrons. The Balaban J connectivity index is 2.27. The third-order valence-corrected chi connectivity index (χ3v) is 3.86. The molecule has 0 bridgehead atoms. The van der Waals surface area contributed by atoms with Gasteiger partial charge in [-0.3, -0.25) is 0 Å². The van der Waals surface area contributed by atoms with E-state index in [1.807, 2.05) is 6.92 Å². The number of nitrogens with one attached hydrogen (secondary N) is 1. The number of anilines is 1. The molecule has 0 amide bonds. The zero-order valence-electron chi connectivity index (χ0n) is 10.5. The summed E-state index contributed by atoms with van der Waals surface area (Å²) in [5.41, 5.74) is 0.885. The van der Waals surface area contributed by atoms with E-state index in [0.717, 1.165) is 30.8 Å². The van der Waals surface area contributed by atoms with Crippen LogP contribution in [-0.4, -0.2) is 28.2 Å². The highest BCUT2D eigenvalue weighted by Crippen LogP contribution is 2.31. The Kier molecular flexibility index (Phi) is 3.54. The van der Waals surface area contributed by atoms with Gasteiger partial charge in [0.05, 0.1) is 11.6 Å². The van der Waals surface area contributed by atoms with Gasteiger partial charge in [-0.05, 0) is 26.7 Å². The molecule has 1 saturated heterocycles. The number of hydrogen-bond donors (Lipinski definition) is 1. The quantitative estimate of drug-likeness (QED) is 0.844. The van der Waals surface area contributed by atoms with Crippen molar-refractivity contribution >= 4 is 17.4 Å². The molecule has 1 aliphatic rings. The van der Waals surface area contributed by atoms with Crippen molar-refractivity contribution in [2.75, 3.05) is 11.9 Å². The molecule has 0 aromatic carbocycles. The lowest BCUT2D eigenvalue weighted by atomic mass is 9.94. The summed E-state index contributed by atoms with van der Waals surface area (Å²) in [6.07, 6.45) is 3.45. The van der Waals surface area contributed by atoms with E-state index in [2.05, 4.69) is 29.1 Å². The van der Waals surface area contributed by atoms with Gasteiger partial charge in [-0.15, -0.1) is 0 Å². The molecule has 17 heavy (non-hydrogen) atoms. The Morgan fingerprint density at radius 1 is 1.59 bits per heavy atom. The molecule has 0 aliphatic carbocycles. The zero-order valence-corrected chi connectivity index (χ0v) is 11.2. The van der Waals surface area contributed by atoms with E-state index in [9.17, 15) is 0 Å². The topological polar surface area (TPSA) is 47.0 Å². The van der Waals surface area contributed by atoms with Crippen molar-refractivity contribution in [3.8, 4) is 0 Å². The fraction of sp³-hybridized carbons (Fsp3) is 0.667. The van der Waals surface area contributed by atoms with Gasteiger partial charge in [0.2, 0.25) is 0 Å². The van der Waals surface area contributed by atoms with Crippen LogP contribution in [0.5, 0.6) is 0 Å². The van der Waals surface area contributed by atoms with Crippen LogP contribution >= 0.6 is 11.6 Å². The average molecular weight is 256 g/mol. The largest absolute Gasteiger partial charge is 0.376 e. The first-order chi connectivity index (χ1) is 8.07. The maximum absolute atomic E-state index is 6.07. The van der Waals surface area contributed by atoms with Crippen LogP contribution in [0.1, 0.15) is 32.8 Å². The second-order valence-corrected chi connectivity index (χ2v) is 5.01. The molecule has 1 fully saturated rings. The van der Waals surface area contributed by atoms with Crippen molar-refractivity contribution < 1.29 is 4.74 Å². The van der Waals surface area contributed by atoms with E-state index < -0.39 is 0 Å². The highest BCUT2D eigenvalue weighted by atomic mass is 35.5. The summed E-state index contributed by atoms with van der Waals surface area (Å²) in [4.78, 5) is 8.30. The smallest absolute Gasteiger partial charge is 0.137 e. The van der Waals surface area contributed by atoms with E-state index in [0.29, 0.717) is 5.15 Å². The molecule has 1 N–H and O–H groups in total. The molecule has 0 spiro atoms. The average Bonchev–Trinajstić information content (AvgIpc) is 2.59. The van der Waals surface area contributed by atoms with E-state index >= 15 is 0 Å². The number of ether oxygens (including phenoxy) is 1. The molecule has 2 rings (SSSR count). The van der Waals surface area contributed by atoms with Crippen LogP contribution in [-0.2, 0) is 11.2 Å². The fourth-order valence-electron chi connectivity index (χ4n) is 2.08. The second kappa shape index (κ2) is 4.78. The van der Waals surface area contributed by atoms with Crippen LogP contribution < -0.4 is 5.32 Å². The summed E-state index contributed by atoms with van der Waals surface area (Å²) in [5.74, 6) is 0.826. The maximum atomic E-state index is 6.07. The minimum absolute atomic E-state index is 0.0817. The van der Waals surface area contributed by atoms with Crippen LogP contribution in [0.3, 0.4) is 0 Å². The van der Waals surface area contributed by atoms with Crippen molar-refractivity contribution in [3.63, 3.8) is 0 Å². The third kappa shape index (κ3) is 2.38. The SMILES string of the molecule is CCc1c(Cl)ncnc1NC1(C)CCOC1C. The predicted molar refractivity (Wildman–Crippen MR) is 68.5 cm³/mol. The van der Waals surface area contributed by atoms with E-state index in [4.69, 9.17) is 16.3 Å². The lowest BCUT2D eigenvalue weighted by Crippen LogP contribution is -2.41. The van der Waals surface area contributed by atoms with Crippen molar-refractivity contribution in [1.29, 1.82) is 0 Å². The Bertz CT molecular complexity index is 413. The number of halogens is 1. The van der Waals surface area contributed by atoms with Gasteiger partial charge in [-0.25, -0.2) is 9.97 Å². The van der Waals surface area contributed by atoms with E-state index in [1.165, 1.54) is 6.33 Å². The molecule has 0 saturated carbocycles. The zero-order chi connectivity index (χ0) is 12.5. The molecule has 4 nitrogen and oxygen atoms in total. The Hall–Kier alpha value is -0.870. The lowest BCUT2D eigenvalue weighted by Gasteiger charge is -2.30. The Morgan fingerprint density at radius 3 is 2.94 bits per heavy atom. The van der Waals surface area contributed by atoms with Crippen LogP contribution in [0.4, 0.5) is 5.82 Å². The van der Waals surface area contributed by atoms with Crippen molar-refractivity contribution in [2.24, 2.45) is 0 Å². The molecular weight excluding hydrogens is 238 g/mol. The molecule has 0 radical (unpaired) electrons. The van der Waals surface area contributed by atoms with Crippen molar-refractivity contribution in [3.05, 3.63) is 17.0 Å². The standard InChI is InChI=1S/C12H18ClN3O/c1-4-9-10(13)14-7-15-11(9)16-12(3)5-6-17-8(12)2/h7-8H,4-6H2,1-3H3,(H,14,15,16). The highest BCUT2D eigenvalue weighted by molar-refractivity contribution is 6.30. The fourth-order valence-corrected chi connectivity index (χ4v) is 2.35. The van der Waals surface area contributed by atoms with Crippen molar-refractivity contribution in [2.45, 2.75) is 45.3 Å². The van der Waals surface area contributed by atoms with E-state index in [-0.39, 0.29) is 11.6 Å². The molecule has 1 aromatic heterocycles. The Morgan fingerprint density at radius 2 is 2.35 bits per heavy atom. The van der Waals surface area contributed by atoms with Crippen LogP contribution in [0.25, 0.3) is 0 Å². The molecular formula is C12H18ClN3O. The predicted octanol–water partition coefficient (Wildman–Crippen LogP) is 2.67. The van der Waals surface area contributed by atoms with E-state index in [1.54, 1.807) is 0 Å². The first-order valence-electron chi connectivity index (χ1n) is 5.96. The summed E-state index contributed by atoms with van der Waals surface area (Å²) in [6.45, 7) is 7.06. The summed E-state index contributed by atoms with van der Waals surface area (Å²) in [5, 5.41) is 3.99. The van der Waals surface area contributed by atoms with Crippen LogP contribution in [0, 0.1) is 0 Å². The maximum Gasteiger partial charge on any atom is 0.137 e. The molecule has 1 aliphatic heterocycles. The Labute approximate surface area is 107 Å². The molecule has 1 aromatic rings. The normalized spacial score (nSPS) is 28.4.